The van der Waals surface area contributed by atoms with E-state index in [0.717, 1.165) is 15.6 Å². The normalized spacial score (nSPS) is 11.8. The first kappa shape index (κ1) is 15.5. The van der Waals surface area contributed by atoms with Crippen LogP contribution in [0.15, 0.2) is 63.8 Å². The number of sulfone groups is 1. The minimum atomic E-state index is -3.17. The van der Waals surface area contributed by atoms with Crippen molar-refractivity contribution in [1.29, 1.82) is 0 Å². The molecule has 2 aromatic carbocycles. The highest BCUT2D eigenvalue weighted by atomic mass is 32.2. The lowest BCUT2D eigenvalue weighted by molar-refractivity contribution is 0.595. The van der Waals surface area contributed by atoms with E-state index in [1.807, 2.05) is 24.3 Å². The number of hydrogen-bond acceptors (Lipinski definition) is 5. The second kappa shape index (κ2) is 6.81. The van der Waals surface area contributed by atoms with Crippen molar-refractivity contribution in [1.82, 2.24) is 4.98 Å². The summed E-state index contributed by atoms with van der Waals surface area (Å²) in [5.41, 5.74) is 1.01. The maximum atomic E-state index is 12.2. The molecule has 0 atom stereocenters. The summed E-state index contributed by atoms with van der Waals surface area (Å²) in [5.74, 6) is 0.931. The number of para-hydroxylation sites is 1. The number of thioether (sulfide) groups is 1. The van der Waals surface area contributed by atoms with E-state index < -0.39 is 9.84 Å². The van der Waals surface area contributed by atoms with E-state index in [1.165, 1.54) is 4.70 Å². The fraction of sp³-hybridized carbons (Fsp3) is 0.188. The zero-order chi connectivity index (χ0) is 15.4. The topological polar surface area (TPSA) is 47.0 Å². The zero-order valence-electron chi connectivity index (χ0n) is 11.8. The van der Waals surface area contributed by atoms with Gasteiger partial charge in [0, 0.05) is 5.75 Å². The van der Waals surface area contributed by atoms with E-state index in [4.69, 9.17) is 0 Å². The van der Waals surface area contributed by atoms with Crippen LogP contribution in [0.1, 0.15) is 6.42 Å². The largest absolute Gasteiger partial charge is 0.230 e. The summed E-state index contributed by atoms with van der Waals surface area (Å²) in [4.78, 5) is 4.94. The third-order valence-corrected chi connectivity index (χ3v) is 7.24. The Labute approximate surface area is 138 Å². The van der Waals surface area contributed by atoms with Crippen LogP contribution in [0.3, 0.4) is 0 Å². The molecule has 3 rings (SSSR count). The third kappa shape index (κ3) is 3.69. The molecule has 0 saturated carbocycles. The first-order valence-corrected chi connectivity index (χ1v) is 10.4. The molecule has 6 heteroatoms. The van der Waals surface area contributed by atoms with Crippen molar-refractivity contribution < 1.29 is 8.42 Å². The Hall–Kier alpha value is -1.37. The molecular weight excluding hydrogens is 334 g/mol. The van der Waals surface area contributed by atoms with Crippen LogP contribution in [0.5, 0.6) is 0 Å². The molecule has 0 spiro atoms. The summed E-state index contributed by atoms with van der Waals surface area (Å²) >= 11 is 3.28. The van der Waals surface area contributed by atoms with Crippen LogP contribution in [-0.4, -0.2) is 24.9 Å². The Morgan fingerprint density at radius 2 is 1.73 bits per heavy atom. The van der Waals surface area contributed by atoms with Crippen molar-refractivity contribution in [2.75, 3.05) is 11.5 Å². The Balaban J connectivity index is 1.55. The summed E-state index contributed by atoms with van der Waals surface area (Å²) < 4.78 is 26.5. The van der Waals surface area contributed by atoms with Crippen molar-refractivity contribution in [3.8, 4) is 0 Å². The molecule has 1 heterocycles. The van der Waals surface area contributed by atoms with Gasteiger partial charge in [-0.05, 0) is 30.7 Å². The molecule has 0 aliphatic rings. The molecule has 0 radical (unpaired) electrons. The van der Waals surface area contributed by atoms with Crippen molar-refractivity contribution in [2.24, 2.45) is 0 Å². The molecular formula is C16H15NO2S3. The molecule has 0 unspecified atom stereocenters. The summed E-state index contributed by atoms with van der Waals surface area (Å²) in [7, 11) is -3.17. The molecule has 3 nitrogen and oxygen atoms in total. The van der Waals surface area contributed by atoms with Gasteiger partial charge in [-0.3, -0.25) is 0 Å². The van der Waals surface area contributed by atoms with E-state index in [-0.39, 0.29) is 5.75 Å². The molecule has 0 N–H and O–H groups in total. The predicted molar refractivity (Wildman–Crippen MR) is 93.5 cm³/mol. The lowest BCUT2D eigenvalue weighted by atomic mass is 10.3. The number of hydrogen-bond donors (Lipinski definition) is 0. The zero-order valence-corrected chi connectivity index (χ0v) is 14.3. The maximum Gasteiger partial charge on any atom is 0.178 e. The van der Waals surface area contributed by atoms with Gasteiger partial charge in [0.15, 0.2) is 14.2 Å². The molecule has 3 aromatic rings. The SMILES string of the molecule is O=S(=O)(CCCSc1nc2ccccc2s1)c1ccccc1. The molecule has 0 fully saturated rings. The summed E-state index contributed by atoms with van der Waals surface area (Å²) in [6.45, 7) is 0. The van der Waals surface area contributed by atoms with Crippen LogP contribution in [0, 0.1) is 0 Å². The molecule has 0 amide bonds. The molecule has 0 aliphatic carbocycles. The highest BCUT2D eigenvalue weighted by Crippen LogP contribution is 2.29. The third-order valence-electron chi connectivity index (χ3n) is 3.16. The smallest absolute Gasteiger partial charge is 0.178 e. The lowest BCUT2D eigenvalue weighted by Crippen LogP contribution is -2.07. The van der Waals surface area contributed by atoms with Crippen LogP contribution >= 0.6 is 23.1 Å². The predicted octanol–water partition coefficient (Wildman–Crippen LogP) is 4.25. The van der Waals surface area contributed by atoms with Gasteiger partial charge in [-0.2, -0.15) is 0 Å². The molecule has 22 heavy (non-hydrogen) atoms. The average molecular weight is 350 g/mol. The second-order valence-electron chi connectivity index (χ2n) is 4.78. The van der Waals surface area contributed by atoms with E-state index in [2.05, 4.69) is 11.1 Å². The highest BCUT2D eigenvalue weighted by molar-refractivity contribution is 8.01. The fourth-order valence-corrected chi connectivity index (χ4v) is 5.66. The van der Waals surface area contributed by atoms with E-state index >= 15 is 0 Å². The van der Waals surface area contributed by atoms with Gasteiger partial charge in [-0.25, -0.2) is 13.4 Å². The standard InChI is InChI=1S/C16H15NO2S3/c18-22(19,13-7-2-1-3-8-13)12-6-11-20-16-17-14-9-4-5-10-15(14)21-16/h1-5,7-10H,6,11-12H2. The molecule has 114 valence electrons. The number of fused-ring (bicyclic) bond motifs is 1. The van der Waals surface area contributed by atoms with E-state index in [9.17, 15) is 8.42 Å². The Kier molecular flexibility index (Phi) is 4.81. The minimum Gasteiger partial charge on any atom is -0.230 e. The van der Waals surface area contributed by atoms with Crippen molar-refractivity contribution in [2.45, 2.75) is 15.7 Å². The number of rotatable bonds is 6. The monoisotopic (exact) mass is 349 g/mol. The van der Waals surface area contributed by atoms with Crippen LogP contribution in [0.4, 0.5) is 0 Å². The summed E-state index contributed by atoms with van der Waals surface area (Å²) in [5, 5.41) is 0. The first-order chi connectivity index (χ1) is 10.6. The van der Waals surface area contributed by atoms with E-state index in [0.29, 0.717) is 11.3 Å². The maximum absolute atomic E-state index is 12.2. The summed E-state index contributed by atoms with van der Waals surface area (Å²) in [6.07, 6.45) is 0.623. The van der Waals surface area contributed by atoms with Gasteiger partial charge in [-0.15, -0.1) is 11.3 Å². The molecule has 0 aliphatic heterocycles. The number of thiazole rings is 1. The Morgan fingerprint density at radius 1 is 1.00 bits per heavy atom. The van der Waals surface area contributed by atoms with Crippen molar-refractivity contribution >= 4 is 43.2 Å². The van der Waals surface area contributed by atoms with Gasteiger partial charge in [0.1, 0.15) is 0 Å². The van der Waals surface area contributed by atoms with Crippen LogP contribution in [0.2, 0.25) is 0 Å². The Morgan fingerprint density at radius 3 is 2.50 bits per heavy atom. The van der Waals surface area contributed by atoms with Gasteiger partial charge < -0.3 is 0 Å². The van der Waals surface area contributed by atoms with Crippen molar-refractivity contribution in [3.05, 3.63) is 54.6 Å². The number of nitrogens with zero attached hydrogens (tertiary/aromatic N) is 1. The van der Waals surface area contributed by atoms with Gasteiger partial charge in [0.25, 0.3) is 0 Å². The van der Waals surface area contributed by atoms with Gasteiger partial charge >= 0.3 is 0 Å². The lowest BCUT2D eigenvalue weighted by Gasteiger charge is -2.03. The average Bonchev–Trinajstić information content (AvgIpc) is 2.95. The van der Waals surface area contributed by atoms with Gasteiger partial charge in [-0.1, -0.05) is 42.1 Å². The quantitative estimate of drug-likeness (QED) is 0.493. The highest BCUT2D eigenvalue weighted by Gasteiger charge is 2.13. The molecule has 1 aromatic heterocycles. The fourth-order valence-electron chi connectivity index (χ4n) is 2.07. The second-order valence-corrected chi connectivity index (χ2v) is 9.26. The Bertz CT molecular complexity index is 824. The number of benzene rings is 2. The van der Waals surface area contributed by atoms with Gasteiger partial charge in [0.05, 0.1) is 20.9 Å². The summed E-state index contributed by atoms with van der Waals surface area (Å²) in [6, 6.07) is 16.6. The number of aromatic nitrogens is 1. The van der Waals surface area contributed by atoms with Crippen LogP contribution in [-0.2, 0) is 9.84 Å². The van der Waals surface area contributed by atoms with Crippen LogP contribution < -0.4 is 0 Å². The minimum absolute atomic E-state index is 0.176. The van der Waals surface area contributed by atoms with Crippen LogP contribution in [0.25, 0.3) is 10.2 Å². The first-order valence-electron chi connectivity index (χ1n) is 6.91. The molecule has 0 bridgehead atoms. The van der Waals surface area contributed by atoms with Crippen molar-refractivity contribution in [3.63, 3.8) is 0 Å². The van der Waals surface area contributed by atoms with Gasteiger partial charge in [0.2, 0.25) is 0 Å². The van der Waals surface area contributed by atoms with E-state index in [1.54, 1.807) is 47.4 Å². The molecule has 0 saturated heterocycles.